The second kappa shape index (κ2) is 4.24. The summed E-state index contributed by atoms with van der Waals surface area (Å²) in [4.78, 5) is 4.29. The Bertz CT molecular complexity index is 535. The molecule has 0 bridgehead atoms. The summed E-state index contributed by atoms with van der Waals surface area (Å²) < 4.78 is 5.84. The van der Waals surface area contributed by atoms with Gasteiger partial charge in [-0.15, -0.1) is 0 Å². The SMILES string of the molecule is Nc1cnc2ccccc2c1OCCC1CC1. The Morgan fingerprint density at radius 2 is 2.12 bits per heavy atom. The van der Waals surface area contributed by atoms with Crippen LogP contribution in [0.15, 0.2) is 30.5 Å². The Kier molecular flexibility index (Phi) is 2.59. The van der Waals surface area contributed by atoms with E-state index < -0.39 is 0 Å². The fraction of sp³-hybridized carbons (Fsp3) is 0.357. The van der Waals surface area contributed by atoms with Crippen molar-refractivity contribution in [2.45, 2.75) is 19.3 Å². The first-order chi connectivity index (χ1) is 8.34. The normalized spacial score (nSPS) is 15.1. The van der Waals surface area contributed by atoms with E-state index in [2.05, 4.69) is 4.98 Å². The molecule has 0 aliphatic heterocycles. The van der Waals surface area contributed by atoms with Crippen LogP contribution < -0.4 is 10.5 Å². The number of benzene rings is 1. The van der Waals surface area contributed by atoms with Gasteiger partial charge in [-0.1, -0.05) is 25.0 Å². The number of nitrogens with zero attached hydrogens (tertiary/aromatic N) is 1. The number of hydrogen-bond donors (Lipinski definition) is 1. The summed E-state index contributed by atoms with van der Waals surface area (Å²) in [5, 5.41) is 1.00. The van der Waals surface area contributed by atoms with Crippen LogP contribution in [0.1, 0.15) is 19.3 Å². The number of nitrogens with two attached hydrogens (primary N) is 1. The van der Waals surface area contributed by atoms with Crippen LogP contribution in [-0.4, -0.2) is 11.6 Å². The number of fused-ring (bicyclic) bond motifs is 1. The summed E-state index contributed by atoms with van der Waals surface area (Å²) in [7, 11) is 0. The summed E-state index contributed by atoms with van der Waals surface area (Å²) in [6.45, 7) is 0.753. The summed E-state index contributed by atoms with van der Waals surface area (Å²) in [6.07, 6.45) is 5.52. The van der Waals surface area contributed by atoms with Gasteiger partial charge < -0.3 is 10.5 Å². The Morgan fingerprint density at radius 1 is 1.29 bits per heavy atom. The van der Waals surface area contributed by atoms with E-state index >= 15 is 0 Å². The molecule has 1 heterocycles. The quantitative estimate of drug-likeness (QED) is 0.875. The first-order valence-electron chi connectivity index (χ1n) is 6.10. The molecule has 0 amide bonds. The van der Waals surface area contributed by atoms with Crippen molar-refractivity contribution in [3.63, 3.8) is 0 Å². The molecule has 0 spiro atoms. The molecule has 1 aliphatic rings. The van der Waals surface area contributed by atoms with Gasteiger partial charge in [0.05, 0.1) is 24.0 Å². The van der Waals surface area contributed by atoms with Gasteiger partial charge in [0.1, 0.15) is 0 Å². The molecule has 1 saturated carbocycles. The molecule has 88 valence electrons. The van der Waals surface area contributed by atoms with Crippen molar-refractivity contribution in [1.29, 1.82) is 0 Å². The third-order valence-corrected chi connectivity index (χ3v) is 3.22. The van der Waals surface area contributed by atoms with Crippen LogP contribution in [0.3, 0.4) is 0 Å². The molecular weight excluding hydrogens is 212 g/mol. The van der Waals surface area contributed by atoms with E-state index in [1.807, 2.05) is 24.3 Å². The zero-order valence-electron chi connectivity index (χ0n) is 9.73. The van der Waals surface area contributed by atoms with Crippen LogP contribution in [0.25, 0.3) is 10.9 Å². The number of rotatable bonds is 4. The molecule has 3 rings (SSSR count). The van der Waals surface area contributed by atoms with Crippen molar-refractivity contribution in [2.24, 2.45) is 5.92 Å². The van der Waals surface area contributed by atoms with Gasteiger partial charge in [0.2, 0.25) is 0 Å². The summed E-state index contributed by atoms with van der Waals surface area (Å²) in [5.74, 6) is 1.67. The van der Waals surface area contributed by atoms with Crippen molar-refractivity contribution in [2.75, 3.05) is 12.3 Å². The lowest BCUT2D eigenvalue weighted by Crippen LogP contribution is -2.02. The second-order valence-electron chi connectivity index (χ2n) is 4.64. The van der Waals surface area contributed by atoms with Gasteiger partial charge in [-0.25, -0.2) is 0 Å². The van der Waals surface area contributed by atoms with Crippen LogP contribution in [0.4, 0.5) is 5.69 Å². The van der Waals surface area contributed by atoms with Crippen molar-refractivity contribution in [1.82, 2.24) is 4.98 Å². The molecule has 2 aromatic rings. The zero-order valence-corrected chi connectivity index (χ0v) is 9.73. The summed E-state index contributed by atoms with van der Waals surface area (Å²) in [6, 6.07) is 7.93. The van der Waals surface area contributed by atoms with Gasteiger partial charge in [0.15, 0.2) is 5.75 Å². The van der Waals surface area contributed by atoms with E-state index in [9.17, 15) is 0 Å². The number of hydrogen-bond acceptors (Lipinski definition) is 3. The molecule has 1 aromatic carbocycles. The topological polar surface area (TPSA) is 48.1 Å². The van der Waals surface area contributed by atoms with Gasteiger partial charge in [-0.05, 0) is 24.5 Å². The van der Waals surface area contributed by atoms with Crippen molar-refractivity contribution < 1.29 is 4.74 Å². The van der Waals surface area contributed by atoms with Gasteiger partial charge in [-0.2, -0.15) is 0 Å². The average Bonchev–Trinajstić information content (AvgIpc) is 3.16. The monoisotopic (exact) mass is 228 g/mol. The maximum atomic E-state index is 5.93. The first-order valence-corrected chi connectivity index (χ1v) is 6.10. The van der Waals surface area contributed by atoms with Crippen LogP contribution in [-0.2, 0) is 0 Å². The van der Waals surface area contributed by atoms with Gasteiger partial charge in [0.25, 0.3) is 0 Å². The third-order valence-electron chi connectivity index (χ3n) is 3.22. The van der Waals surface area contributed by atoms with E-state index in [0.717, 1.165) is 35.6 Å². The molecular formula is C14H16N2O. The highest BCUT2D eigenvalue weighted by Crippen LogP contribution is 2.34. The maximum absolute atomic E-state index is 5.93. The van der Waals surface area contributed by atoms with Gasteiger partial charge in [-0.3, -0.25) is 4.98 Å². The van der Waals surface area contributed by atoms with E-state index in [4.69, 9.17) is 10.5 Å². The molecule has 17 heavy (non-hydrogen) atoms. The molecule has 2 N–H and O–H groups in total. The Morgan fingerprint density at radius 3 is 2.94 bits per heavy atom. The maximum Gasteiger partial charge on any atom is 0.153 e. The third kappa shape index (κ3) is 2.18. The number of anilines is 1. The second-order valence-corrected chi connectivity index (χ2v) is 4.64. The lowest BCUT2D eigenvalue weighted by Gasteiger charge is -2.11. The van der Waals surface area contributed by atoms with E-state index in [0.29, 0.717) is 5.69 Å². The largest absolute Gasteiger partial charge is 0.491 e. The summed E-state index contributed by atoms with van der Waals surface area (Å²) >= 11 is 0. The average molecular weight is 228 g/mol. The van der Waals surface area contributed by atoms with Gasteiger partial charge in [0, 0.05) is 5.39 Å². The number of pyridine rings is 1. The number of para-hydroxylation sites is 1. The fourth-order valence-corrected chi connectivity index (χ4v) is 2.03. The molecule has 0 radical (unpaired) electrons. The van der Waals surface area contributed by atoms with Crippen molar-refractivity contribution in [3.8, 4) is 5.75 Å². The Labute approximate surface area is 101 Å². The number of aromatic nitrogens is 1. The number of ether oxygens (including phenoxy) is 1. The summed E-state index contributed by atoms with van der Waals surface area (Å²) in [5.41, 5.74) is 7.49. The number of nitrogen functional groups attached to an aromatic ring is 1. The minimum Gasteiger partial charge on any atom is -0.491 e. The molecule has 3 nitrogen and oxygen atoms in total. The highest BCUT2D eigenvalue weighted by molar-refractivity contribution is 5.89. The standard InChI is InChI=1S/C14H16N2O/c15-12-9-16-13-4-2-1-3-11(13)14(12)17-8-7-10-5-6-10/h1-4,9-10H,5-8,15H2. The van der Waals surface area contributed by atoms with Crippen LogP contribution in [0, 0.1) is 5.92 Å². The Hall–Kier alpha value is -1.77. The highest BCUT2D eigenvalue weighted by atomic mass is 16.5. The van der Waals surface area contributed by atoms with Crippen LogP contribution >= 0.6 is 0 Å². The fourth-order valence-electron chi connectivity index (χ4n) is 2.03. The molecule has 0 saturated heterocycles. The predicted molar refractivity (Wildman–Crippen MR) is 69.0 cm³/mol. The molecule has 1 fully saturated rings. The lowest BCUT2D eigenvalue weighted by atomic mass is 10.2. The van der Waals surface area contributed by atoms with Crippen molar-refractivity contribution >= 4 is 16.6 Å². The van der Waals surface area contributed by atoms with Crippen LogP contribution in [0.5, 0.6) is 5.75 Å². The van der Waals surface area contributed by atoms with Crippen LogP contribution in [0.2, 0.25) is 0 Å². The molecule has 1 aromatic heterocycles. The molecule has 3 heteroatoms. The minimum atomic E-state index is 0.625. The first kappa shape index (κ1) is 10.4. The zero-order chi connectivity index (χ0) is 11.7. The molecule has 0 atom stereocenters. The predicted octanol–water partition coefficient (Wildman–Crippen LogP) is 3.00. The minimum absolute atomic E-state index is 0.625. The lowest BCUT2D eigenvalue weighted by molar-refractivity contribution is 0.307. The highest BCUT2D eigenvalue weighted by Gasteiger charge is 2.21. The molecule has 1 aliphatic carbocycles. The molecule has 0 unspecified atom stereocenters. The van der Waals surface area contributed by atoms with Gasteiger partial charge >= 0.3 is 0 Å². The van der Waals surface area contributed by atoms with E-state index in [1.54, 1.807) is 6.20 Å². The van der Waals surface area contributed by atoms with E-state index in [-0.39, 0.29) is 0 Å². The van der Waals surface area contributed by atoms with E-state index in [1.165, 1.54) is 12.8 Å². The van der Waals surface area contributed by atoms with Crippen molar-refractivity contribution in [3.05, 3.63) is 30.5 Å². The smallest absolute Gasteiger partial charge is 0.153 e. The Balaban J connectivity index is 1.86.